The predicted molar refractivity (Wildman–Crippen MR) is 123 cm³/mol. The number of anilines is 1. The van der Waals surface area contributed by atoms with Crippen LogP contribution in [-0.4, -0.2) is 22.8 Å². The van der Waals surface area contributed by atoms with E-state index in [4.69, 9.17) is 4.98 Å². The maximum absolute atomic E-state index is 5.01. The molecule has 5 heteroatoms. The monoisotopic (exact) mass is 405 g/mol. The van der Waals surface area contributed by atoms with Crippen molar-refractivity contribution in [2.45, 2.75) is 24.0 Å². The molecule has 3 nitrogen and oxygen atoms in total. The number of benzene rings is 1. The fraction of sp³-hybridized carbons (Fsp3) is 0.217. The first-order valence-corrected chi connectivity index (χ1v) is 11.4. The number of nitrogens with one attached hydrogen (secondary N) is 1. The van der Waals surface area contributed by atoms with E-state index in [2.05, 4.69) is 59.7 Å². The summed E-state index contributed by atoms with van der Waals surface area (Å²) in [4.78, 5) is 10.4. The molecule has 0 aliphatic rings. The van der Waals surface area contributed by atoms with Crippen molar-refractivity contribution in [3.63, 3.8) is 0 Å². The van der Waals surface area contributed by atoms with Crippen LogP contribution in [0.3, 0.4) is 0 Å². The lowest BCUT2D eigenvalue weighted by Crippen LogP contribution is -1.92. The first-order chi connectivity index (χ1) is 13.8. The summed E-state index contributed by atoms with van der Waals surface area (Å²) in [5.74, 6) is 1.13. The zero-order chi connectivity index (χ0) is 19.3. The molecule has 0 fully saturated rings. The second-order valence-corrected chi connectivity index (χ2v) is 8.92. The van der Waals surface area contributed by atoms with E-state index in [1.54, 1.807) is 17.5 Å². The second kappa shape index (κ2) is 8.76. The molecule has 1 aromatic carbocycles. The lowest BCUT2D eigenvalue weighted by atomic mass is 10.0. The van der Waals surface area contributed by atoms with Gasteiger partial charge in [-0.15, -0.1) is 23.1 Å². The summed E-state index contributed by atoms with van der Waals surface area (Å²) >= 11 is 3.72. The van der Waals surface area contributed by atoms with Gasteiger partial charge in [-0.2, -0.15) is 0 Å². The fourth-order valence-corrected chi connectivity index (χ4v) is 5.85. The number of fused-ring (bicyclic) bond motifs is 1. The number of unbranched alkanes of at least 4 members (excludes halogenated alkanes) is 1. The number of rotatable bonds is 7. The first-order valence-electron chi connectivity index (χ1n) is 9.55. The molecule has 0 radical (unpaired) electrons. The third-order valence-corrected chi connectivity index (χ3v) is 7.09. The van der Waals surface area contributed by atoms with Crippen molar-refractivity contribution in [3.8, 4) is 22.4 Å². The minimum atomic E-state index is 0.966. The van der Waals surface area contributed by atoms with E-state index < -0.39 is 0 Å². The lowest BCUT2D eigenvalue weighted by molar-refractivity contribution is 0.897. The Kier molecular flexibility index (Phi) is 5.93. The van der Waals surface area contributed by atoms with Gasteiger partial charge < -0.3 is 5.32 Å². The zero-order valence-corrected chi connectivity index (χ0v) is 17.7. The van der Waals surface area contributed by atoms with Crippen LogP contribution in [0.15, 0.2) is 65.1 Å². The maximum Gasteiger partial charge on any atom is 0.127 e. The van der Waals surface area contributed by atoms with Gasteiger partial charge in [0.15, 0.2) is 0 Å². The molecule has 3 heterocycles. The van der Waals surface area contributed by atoms with Crippen LogP contribution in [0.4, 0.5) is 5.69 Å². The summed E-state index contributed by atoms with van der Waals surface area (Å²) < 4.78 is 1.32. The van der Waals surface area contributed by atoms with Gasteiger partial charge in [-0.25, -0.2) is 4.98 Å². The van der Waals surface area contributed by atoms with Crippen LogP contribution in [0, 0.1) is 0 Å². The summed E-state index contributed by atoms with van der Waals surface area (Å²) in [7, 11) is 2.01. The predicted octanol–water partition coefficient (Wildman–Crippen LogP) is 6.96. The molecule has 3 aromatic heterocycles. The molecule has 28 heavy (non-hydrogen) atoms. The van der Waals surface area contributed by atoms with Crippen molar-refractivity contribution in [1.82, 2.24) is 9.97 Å². The average molecular weight is 406 g/mol. The molecule has 0 spiro atoms. The Hall–Kier alpha value is -2.37. The Labute approximate surface area is 174 Å². The van der Waals surface area contributed by atoms with E-state index >= 15 is 0 Å². The molecule has 0 aliphatic heterocycles. The quantitative estimate of drug-likeness (QED) is 0.266. The molecule has 0 aliphatic carbocycles. The van der Waals surface area contributed by atoms with Gasteiger partial charge in [0.2, 0.25) is 0 Å². The van der Waals surface area contributed by atoms with Crippen molar-refractivity contribution in [2.75, 3.05) is 18.1 Å². The Balaban J connectivity index is 1.94. The van der Waals surface area contributed by atoms with E-state index in [9.17, 15) is 0 Å². The Morgan fingerprint density at radius 3 is 2.61 bits per heavy atom. The van der Waals surface area contributed by atoms with E-state index in [-0.39, 0.29) is 0 Å². The molecule has 0 saturated carbocycles. The van der Waals surface area contributed by atoms with E-state index in [0.29, 0.717) is 0 Å². The smallest absolute Gasteiger partial charge is 0.127 e. The number of aromatic nitrogens is 2. The van der Waals surface area contributed by atoms with Crippen LogP contribution in [-0.2, 0) is 0 Å². The largest absolute Gasteiger partial charge is 0.386 e. The van der Waals surface area contributed by atoms with Crippen LogP contribution in [0.2, 0.25) is 0 Å². The topological polar surface area (TPSA) is 37.8 Å². The zero-order valence-electron chi connectivity index (χ0n) is 16.1. The molecular formula is C23H23N3S2. The molecule has 0 amide bonds. The van der Waals surface area contributed by atoms with Crippen molar-refractivity contribution in [3.05, 3.63) is 60.9 Å². The number of pyridine rings is 2. The molecule has 142 valence electrons. The number of hydrogen-bond donors (Lipinski definition) is 1. The van der Waals surface area contributed by atoms with Gasteiger partial charge in [-0.1, -0.05) is 43.7 Å². The number of nitrogens with zero attached hydrogens (tertiary/aromatic N) is 2. The van der Waals surface area contributed by atoms with E-state index in [1.807, 2.05) is 31.1 Å². The Morgan fingerprint density at radius 1 is 1.07 bits per heavy atom. The second-order valence-electron chi connectivity index (χ2n) is 6.56. The summed E-state index contributed by atoms with van der Waals surface area (Å²) in [6.45, 7) is 2.24. The third kappa shape index (κ3) is 3.77. The highest BCUT2D eigenvalue weighted by molar-refractivity contribution is 8.01. The first kappa shape index (κ1) is 19.0. The van der Waals surface area contributed by atoms with Crippen molar-refractivity contribution < 1.29 is 0 Å². The molecule has 0 atom stereocenters. The van der Waals surface area contributed by atoms with E-state index in [1.165, 1.54) is 39.3 Å². The Bertz CT molecular complexity index is 1060. The highest BCUT2D eigenvalue weighted by Gasteiger charge is 2.19. The van der Waals surface area contributed by atoms with Crippen LogP contribution in [0.25, 0.3) is 32.6 Å². The van der Waals surface area contributed by atoms with Gasteiger partial charge in [-0.05, 0) is 41.5 Å². The normalized spacial score (nSPS) is 11.1. The molecule has 0 saturated heterocycles. The standard InChI is InChI=1S/C23H23N3S2/c1-3-4-13-27-23-21(24-2)20-18(16-9-6-5-7-10-16)14-19(26-22(20)28-23)17-11-8-12-25-15-17/h5-12,14-15,24H,3-4,13H2,1-2H3. The summed E-state index contributed by atoms with van der Waals surface area (Å²) in [6.07, 6.45) is 6.12. The van der Waals surface area contributed by atoms with Crippen molar-refractivity contribution in [2.24, 2.45) is 0 Å². The molecule has 0 bridgehead atoms. The Morgan fingerprint density at radius 2 is 1.89 bits per heavy atom. The van der Waals surface area contributed by atoms with E-state index in [0.717, 1.165) is 21.8 Å². The summed E-state index contributed by atoms with van der Waals surface area (Å²) in [5.41, 5.74) is 5.63. The van der Waals surface area contributed by atoms with Crippen LogP contribution < -0.4 is 5.32 Å². The van der Waals surface area contributed by atoms with Crippen molar-refractivity contribution in [1.29, 1.82) is 0 Å². The van der Waals surface area contributed by atoms with Crippen LogP contribution in [0.5, 0.6) is 0 Å². The van der Waals surface area contributed by atoms with Gasteiger partial charge >= 0.3 is 0 Å². The summed E-state index contributed by atoms with van der Waals surface area (Å²) in [6, 6.07) is 16.8. The molecule has 0 unspecified atom stereocenters. The molecular weight excluding hydrogens is 382 g/mol. The van der Waals surface area contributed by atoms with Crippen LogP contribution >= 0.6 is 23.1 Å². The highest BCUT2D eigenvalue weighted by Crippen LogP contribution is 2.46. The van der Waals surface area contributed by atoms with Gasteiger partial charge in [0.1, 0.15) is 4.83 Å². The van der Waals surface area contributed by atoms with Gasteiger partial charge in [0.25, 0.3) is 0 Å². The van der Waals surface area contributed by atoms with Gasteiger partial charge in [0, 0.05) is 30.4 Å². The number of hydrogen-bond acceptors (Lipinski definition) is 5. The SMILES string of the molecule is CCCCSc1sc2nc(-c3cccnc3)cc(-c3ccccc3)c2c1NC. The average Bonchev–Trinajstić information content (AvgIpc) is 3.12. The number of thiophene rings is 1. The van der Waals surface area contributed by atoms with Crippen molar-refractivity contribution >= 4 is 39.0 Å². The minimum Gasteiger partial charge on any atom is -0.386 e. The molecule has 4 aromatic rings. The van der Waals surface area contributed by atoms with Gasteiger partial charge in [-0.3, -0.25) is 4.98 Å². The van der Waals surface area contributed by atoms with Gasteiger partial charge in [0.05, 0.1) is 15.6 Å². The molecule has 1 N–H and O–H groups in total. The minimum absolute atomic E-state index is 0.966. The van der Waals surface area contributed by atoms with Crippen LogP contribution in [0.1, 0.15) is 19.8 Å². The molecule has 4 rings (SSSR count). The number of thioether (sulfide) groups is 1. The highest BCUT2D eigenvalue weighted by atomic mass is 32.2. The lowest BCUT2D eigenvalue weighted by Gasteiger charge is -2.10. The summed E-state index contributed by atoms with van der Waals surface area (Å²) in [5, 5.41) is 4.67. The maximum atomic E-state index is 5.01. The fourth-order valence-electron chi connectivity index (χ4n) is 3.22. The third-order valence-electron chi connectivity index (χ3n) is 4.65.